The fourth-order valence-corrected chi connectivity index (χ4v) is 3.19. The lowest BCUT2D eigenvalue weighted by Crippen LogP contribution is -2.31. The lowest BCUT2D eigenvalue weighted by atomic mass is 10.0. The van der Waals surface area contributed by atoms with Crippen LogP contribution < -0.4 is 9.64 Å². The van der Waals surface area contributed by atoms with E-state index in [1.54, 1.807) is 0 Å². The molecule has 0 aliphatic carbocycles. The molecule has 1 aromatic heterocycles. The van der Waals surface area contributed by atoms with Crippen LogP contribution in [0.3, 0.4) is 0 Å². The van der Waals surface area contributed by atoms with Crippen LogP contribution in [0.25, 0.3) is 0 Å². The molecular formula is C18H19F3N2O2. The van der Waals surface area contributed by atoms with E-state index in [1.165, 1.54) is 12.1 Å². The minimum absolute atomic E-state index is 0.0945. The van der Waals surface area contributed by atoms with E-state index in [-0.39, 0.29) is 11.8 Å². The van der Waals surface area contributed by atoms with Crippen molar-refractivity contribution in [1.82, 2.24) is 4.98 Å². The molecule has 7 heteroatoms. The van der Waals surface area contributed by atoms with Gasteiger partial charge in [-0.15, -0.1) is 13.2 Å². The van der Waals surface area contributed by atoms with Gasteiger partial charge in [0.2, 0.25) is 0 Å². The Kier molecular flexibility index (Phi) is 5.13. The van der Waals surface area contributed by atoms with Crippen LogP contribution in [0.1, 0.15) is 30.9 Å². The summed E-state index contributed by atoms with van der Waals surface area (Å²) in [6, 6.07) is 12.3. The molecule has 1 saturated heterocycles. The highest BCUT2D eigenvalue weighted by Gasteiger charge is 2.32. The van der Waals surface area contributed by atoms with Gasteiger partial charge in [-0.25, -0.2) is 4.98 Å². The van der Waals surface area contributed by atoms with Gasteiger partial charge >= 0.3 is 6.36 Å². The van der Waals surface area contributed by atoms with Crippen molar-refractivity contribution in [3.8, 4) is 5.75 Å². The quantitative estimate of drug-likeness (QED) is 0.881. The molecule has 2 aromatic rings. The summed E-state index contributed by atoms with van der Waals surface area (Å²) in [6.45, 7) is 0.763. The molecule has 1 aromatic carbocycles. The predicted octanol–water partition coefficient (Wildman–Crippen LogP) is 4.07. The third-order valence-electron chi connectivity index (χ3n) is 4.31. The van der Waals surface area contributed by atoms with Crippen LogP contribution in [-0.4, -0.2) is 29.0 Å². The van der Waals surface area contributed by atoms with Crippen molar-refractivity contribution in [2.45, 2.75) is 37.8 Å². The molecule has 134 valence electrons. The van der Waals surface area contributed by atoms with Gasteiger partial charge in [0.15, 0.2) is 0 Å². The van der Waals surface area contributed by atoms with Crippen LogP contribution in [0.4, 0.5) is 19.0 Å². The zero-order chi connectivity index (χ0) is 17.9. The molecular weight excluding hydrogens is 333 g/mol. The molecule has 25 heavy (non-hydrogen) atoms. The number of aliphatic hydroxyl groups excluding tert-OH is 1. The largest absolute Gasteiger partial charge is 0.573 e. The number of aliphatic hydroxyl groups is 1. The van der Waals surface area contributed by atoms with Gasteiger partial charge in [-0.05, 0) is 37.0 Å². The first-order valence-corrected chi connectivity index (χ1v) is 8.14. The third-order valence-corrected chi connectivity index (χ3v) is 4.31. The minimum Gasteiger partial charge on any atom is -0.404 e. The number of alkyl halides is 3. The van der Waals surface area contributed by atoms with E-state index >= 15 is 0 Å². The lowest BCUT2D eigenvalue weighted by Gasteiger charge is -2.27. The number of pyridine rings is 1. The van der Waals surface area contributed by atoms with E-state index in [0.29, 0.717) is 12.2 Å². The van der Waals surface area contributed by atoms with Gasteiger partial charge in [0, 0.05) is 12.6 Å². The topological polar surface area (TPSA) is 45.6 Å². The van der Waals surface area contributed by atoms with Gasteiger partial charge in [0.25, 0.3) is 0 Å². The average molecular weight is 352 g/mol. The summed E-state index contributed by atoms with van der Waals surface area (Å²) in [5.74, 6) is 0.258. The summed E-state index contributed by atoms with van der Waals surface area (Å²) >= 11 is 0. The molecule has 0 radical (unpaired) electrons. The Morgan fingerprint density at radius 2 is 1.96 bits per heavy atom. The molecule has 1 aliphatic heterocycles. The van der Waals surface area contributed by atoms with E-state index in [0.717, 1.165) is 31.1 Å². The standard InChI is InChI=1S/C18H19F3N2O2/c19-18(20,21)25-15-8-9-17(22-12-15)23-10-4-7-14(23)11-16(24)13-5-2-1-3-6-13/h1-3,5-6,8-9,12,14,16,24H,4,7,10-11H2. The third kappa shape index (κ3) is 4.63. The molecule has 0 bridgehead atoms. The maximum absolute atomic E-state index is 12.2. The van der Waals surface area contributed by atoms with E-state index in [9.17, 15) is 18.3 Å². The molecule has 0 saturated carbocycles. The highest BCUT2D eigenvalue weighted by Crippen LogP contribution is 2.31. The Morgan fingerprint density at radius 1 is 1.20 bits per heavy atom. The number of halogens is 3. The summed E-state index contributed by atoms with van der Waals surface area (Å²) in [5, 5.41) is 10.4. The maximum atomic E-state index is 12.2. The van der Waals surface area contributed by atoms with Gasteiger partial charge in [0.1, 0.15) is 11.6 Å². The molecule has 1 aliphatic rings. The van der Waals surface area contributed by atoms with Crippen LogP contribution in [0.2, 0.25) is 0 Å². The van der Waals surface area contributed by atoms with E-state index < -0.39 is 12.5 Å². The average Bonchev–Trinajstić information content (AvgIpc) is 3.03. The first kappa shape index (κ1) is 17.5. The Labute approximate surface area is 143 Å². The number of aromatic nitrogens is 1. The first-order chi connectivity index (χ1) is 11.9. The second kappa shape index (κ2) is 7.31. The molecule has 2 heterocycles. The zero-order valence-corrected chi connectivity index (χ0v) is 13.5. The number of hydrogen-bond donors (Lipinski definition) is 1. The van der Waals surface area contributed by atoms with Gasteiger partial charge < -0.3 is 14.7 Å². The highest BCUT2D eigenvalue weighted by molar-refractivity contribution is 5.43. The van der Waals surface area contributed by atoms with Crippen molar-refractivity contribution in [2.75, 3.05) is 11.4 Å². The molecule has 3 rings (SSSR count). The number of anilines is 1. The van der Waals surface area contributed by atoms with Crippen LogP contribution in [-0.2, 0) is 0 Å². The van der Waals surface area contributed by atoms with Crippen molar-refractivity contribution < 1.29 is 23.0 Å². The van der Waals surface area contributed by atoms with Gasteiger partial charge in [-0.3, -0.25) is 0 Å². The summed E-state index contributed by atoms with van der Waals surface area (Å²) in [7, 11) is 0. The van der Waals surface area contributed by atoms with Crippen molar-refractivity contribution in [3.63, 3.8) is 0 Å². The van der Waals surface area contributed by atoms with E-state index in [1.807, 2.05) is 35.2 Å². The summed E-state index contributed by atoms with van der Waals surface area (Å²) in [5.41, 5.74) is 0.858. The zero-order valence-electron chi connectivity index (χ0n) is 13.5. The second-order valence-electron chi connectivity index (χ2n) is 6.05. The Balaban J connectivity index is 1.67. The lowest BCUT2D eigenvalue weighted by molar-refractivity contribution is -0.274. The fourth-order valence-electron chi connectivity index (χ4n) is 3.19. The Morgan fingerprint density at radius 3 is 2.60 bits per heavy atom. The summed E-state index contributed by atoms with van der Waals surface area (Å²) < 4.78 is 40.5. The van der Waals surface area contributed by atoms with E-state index in [4.69, 9.17) is 0 Å². The smallest absolute Gasteiger partial charge is 0.404 e. The molecule has 0 spiro atoms. The van der Waals surface area contributed by atoms with Crippen molar-refractivity contribution in [2.24, 2.45) is 0 Å². The monoisotopic (exact) mass is 352 g/mol. The summed E-state index contributed by atoms with van der Waals surface area (Å²) in [6.07, 6.45) is -1.82. The molecule has 0 amide bonds. The van der Waals surface area contributed by atoms with Crippen LogP contribution >= 0.6 is 0 Å². The Bertz CT molecular complexity index is 677. The summed E-state index contributed by atoms with van der Waals surface area (Å²) in [4.78, 5) is 6.13. The minimum atomic E-state index is -4.72. The van der Waals surface area contributed by atoms with Gasteiger partial charge in [-0.1, -0.05) is 30.3 Å². The van der Waals surface area contributed by atoms with Crippen molar-refractivity contribution in [3.05, 3.63) is 54.2 Å². The van der Waals surface area contributed by atoms with Crippen LogP contribution in [0, 0.1) is 0 Å². The number of rotatable bonds is 5. The SMILES string of the molecule is OC(CC1CCCN1c1ccc(OC(F)(F)F)cn1)c1ccccc1. The fraction of sp³-hybridized carbons (Fsp3) is 0.389. The highest BCUT2D eigenvalue weighted by atomic mass is 19.4. The number of nitrogens with zero attached hydrogens (tertiary/aromatic N) is 2. The predicted molar refractivity (Wildman–Crippen MR) is 87.3 cm³/mol. The number of ether oxygens (including phenoxy) is 1. The molecule has 2 unspecified atom stereocenters. The van der Waals surface area contributed by atoms with Crippen molar-refractivity contribution in [1.29, 1.82) is 0 Å². The van der Waals surface area contributed by atoms with Crippen LogP contribution in [0.5, 0.6) is 5.75 Å². The molecule has 1 fully saturated rings. The van der Waals surface area contributed by atoms with Crippen LogP contribution in [0.15, 0.2) is 48.7 Å². The van der Waals surface area contributed by atoms with E-state index in [2.05, 4.69) is 9.72 Å². The molecule has 4 nitrogen and oxygen atoms in total. The van der Waals surface area contributed by atoms with Gasteiger partial charge in [0.05, 0.1) is 12.3 Å². The van der Waals surface area contributed by atoms with Gasteiger partial charge in [-0.2, -0.15) is 0 Å². The number of hydrogen-bond acceptors (Lipinski definition) is 4. The maximum Gasteiger partial charge on any atom is 0.573 e. The second-order valence-corrected chi connectivity index (χ2v) is 6.05. The van der Waals surface area contributed by atoms with Crippen molar-refractivity contribution >= 4 is 5.82 Å². The normalized spacial score (nSPS) is 19.0. The number of benzene rings is 1. The Hall–Kier alpha value is -2.28. The molecule has 1 N–H and O–H groups in total. The first-order valence-electron chi connectivity index (χ1n) is 8.14. The molecule has 2 atom stereocenters.